The second kappa shape index (κ2) is 5.41. The summed E-state index contributed by atoms with van der Waals surface area (Å²) in [4.78, 5) is 13.8. The van der Waals surface area contributed by atoms with Gasteiger partial charge in [-0.3, -0.25) is 4.90 Å². The molecule has 0 radical (unpaired) electrons. The number of nitrogens with zero attached hydrogens (tertiary/aromatic N) is 3. The zero-order valence-corrected chi connectivity index (χ0v) is 11.2. The standard InChI is InChI=1S/C13H18N4O2/c1-3-6-15-13(18)17(19)11-5-4-10-9(8-14)7-12(11)16(10)2/h4-5,9-10,12H,3,6-7H2,1-2H3,(H-,15,18,19)/p+1/b17-11-/t9?,10-,12-/m1/s1. The van der Waals surface area contributed by atoms with E-state index in [1.54, 1.807) is 6.08 Å². The Hall–Kier alpha value is -1.87. The summed E-state index contributed by atoms with van der Waals surface area (Å²) >= 11 is 0. The Morgan fingerprint density at radius 3 is 3.11 bits per heavy atom. The van der Waals surface area contributed by atoms with Gasteiger partial charge in [-0.2, -0.15) is 10.1 Å². The van der Waals surface area contributed by atoms with Crippen LogP contribution >= 0.6 is 0 Å². The summed E-state index contributed by atoms with van der Waals surface area (Å²) in [6.45, 7) is 2.47. The van der Waals surface area contributed by atoms with E-state index < -0.39 is 6.03 Å². The number of likely N-dealkylation sites (N-methyl/N-ethyl adjacent to an activating group) is 1. The highest BCUT2D eigenvalue weighted by Gasteiger charge is 2.45. The van der Waals surface area contributed by atoms with E-state index in [2.05, 4.69) is 11.4 Å². The smallest absolute Gasteiger partial charge is 0.347 e. The van der Waals surface area contributed by atoms with Gasteiger partial charge in [-0.1, -0.05) is 13.0 Å². The van der Waals surface area contributed by atoms with Crippen molar-refractivity contribution >= 4 is 11.7 Å². The van der Waals surface area contributed by atoms with Crippen LogP contribution in [-0.2, 0) is 0 Å². The quantitative estimate of drug-likeness (QED) is 0.333. The van der Waals surface area contributed by atoms with Gasteiger partial charge in [0.2, 0.25) is 0 Å². The molecule has 0 aromatic heterocycles. The lowest BCUT2D eigenvalue weighted by Gasteiger charge is -2.26. The maximum absolute atomic E-state index is 11.8. The first-order valence-corrected chi connectivity index (χ1v) is 6.53. The predicted molar refractivity (Wildman–Crippen MR) is 68.9 cm³/mol. The second-order valence-electron chi connectivity index (χ2n) is 4.97. The number of amides is 2. The maximum atomic E-state index is 11.8. The van der Waals surface area contributed by atoms with Crippen molar-refractivity contribution in [3.8, 4) is 6.07 Å². The number of rotatable bonds is 2. The summed E-state index contributed by atoms with van der Waals surface area (Å²) < 4.78 is 0.670. The minimum absolute atomic E-state index is 0.0749. The molecule has 102 valence electrons. The SMILES string of the molecule is CCCNC(=O)/[N+](O)=C1\C=C[C@@H]2C(C#N)C[C@H]1N2C. The highest BCUT2D eigenvalue weighted by molar-refractivity contribution is 5.99. The minimum atomic E-state index is -0.520. The number of hydrogen-bond acceptors (Lipinski definition) is 4. The van der Waals surface area contributed by atoms with Crippen LogP contribution in [0, 0.1) is 17.2 Å². The Labute approximate surface area is 112 Å². The normalized spacial score (nSPS) is 31.9. The molecule has 0 aliphatic carbocycles. The monoisotopic (exact) mass is 263 g/mol. The fraction of sp³-hybridized carbons (Fsp3) is 0.615. The molecule has 1 fully saturated rings. The molecule has 0 aromatic rings. The Bertz CT molecular complexity index is 478. The molecule has 2 heterocycles. The predicted octanol–water partition coefficient (Wildman–Crippen LogP) is 0.731. The van der Waals surface area contributed by atoms with Crippen molar-refractivity contribution < 1.29 is 14.7 Å². The van der Waals surface area contributed by atoms with Crippen molar-refractivity contribution in [2.24, 2.45) is 5.92 Å². The number of urea groups is 1. The van der Waals surface area contributed by atoms with Gasteiger partial charge in [0, 0.05) is 6.04 Å². The van der Waals surface area contributed by atoms with E-state index in [9.17, 15) is 10.0 Å². The van der Waals surface area contributed by atoms with E-state index in [0.29, 0.717) is 23.4 Å². The third-order valence-electron chi connectivity index (χ3n) is 3.79. The number of carbonyl (C=O) groups excluding carboxylic acids is 1. The van der Waals surface area contributed by atoms with Crippen LogP contribution in [0.4, 0.5) is 4.79 Å². The Kier molecular flexibility index (Phi) is 3.86. The molecule has 6 heteroatoms. The van der Waals surface area contributed by atoms with Crippen LogP contribution in [0.3, 0.4) is 0 Å². The molecule has 19 heavy (non-hydrogen) atoms. The molecule has 2 rings (SSSR count). The fourth-order valence-corrected chi connectivity index (χ4v) is 2.71. The third kappa shape index (κ3) is 2.34. The van der Waals surface area contributed by atoms with Gasteiger partial charge < -0.3 is 5.21 Å². The molecule has 1 saturated heterocycles. The molecule has 2 amide bonds. The summed E-state index contributed by atoms with van der Waals surface area (Å²) in [5.74, 6) is -0.0872. The lowest BCUT2D eigenvalue weighted by Crippen LogP contribution is -2.46. The third-order valence-corrected chi connectivity index (χ3v) is 3.79. The second-order valence-corrected chi connectivity index (χ2v) is 4.97. The van der Waals surface area contributed by atoms with E-state index in [-0.39, 0.29) is 18.0 Å². The van der Waals surface area contributed by atoms with E-state index >= 15 is 0 Å². The Balaban J connectivity index is 2.23. The lowest BCUT2D eigenvalue weighted by atomic mass is 10.0. The molecule has 3 atom stereocenters. The zero-order valence-electron chi connectivity index (χ0n) is 11.2. The highest BCUT2D eigenvalue weighted by atomic mass is 16.5. The van der Waals surface area contributed by atoms with Crippen LogP contribution in [0.15, 0.2) is 12.2 Å². The molecule has 2 aliphatic heterocycles. The van der Waals surface area contributed by atoms with Crippen LogP contribution in [0.1, 0.15) is 19.8 Å². The van der Waals surface area contributed by atoms with Crippen LogP contribution in [-0.4, -0.2) is 52.3 Å². The number of fused-ring (bicyclic) bond motifs is 2. The highest BCUT2D eigenvalue weighted by Crippen LogP contribution is 2.33. The van der Waals surface area contributed by atoms with Gasteiger partial charge >= 0.3 is 6.03 Å². The van der Waals surface area contributed by atoms with Gasteiger partial charge in [-0.15, -0.1) is 0 Å². The van der Waals surface area contributed by atoms with E-state index in [0.717, 1.165) is 6.42 Å². The van der Waals surface area contributed by atoms with Crippen molar-refractivity contribution in [3.05, 3.63) is 12.2 Å². The van der Waals surface area contributed by atoms with E-state index in [1.165, 1.54) is 0 Å². The first-order valence-electron chi connectivity index (χ1n) is 6.53. The summed E-state index contributed by atoms with van der Waals surface area (Å²) in [6.07, 6.45) is 5.08. The van der Waals surface area contributed by atoms with Gasteiger partial charge in [-0.25, -0.2) is 5.32 Å². The van der Waals surface area contributed by atoms with Crippen molar-refractivity contribution in [3.63, 3.8) is 0 Å². The zero-order chi connectivity index (χ0) is 14.0. The van der Waals surface area contributed by atoms with Gasteiger partial charge in [-0.05, 0) is 30.7 Å². The van der Waals surface area contributed by atoms with Crippen LogP contribution in [0.2, 0.25) is 0 Å². The molecule has 0 aromatic carbocycles. The Morgan fingerprint density at radius 1 is 1.74 bits per heavy atom. The molecule has 2 bridgehead atoms. The first-order chi connectivity index (χ1) is 9.10. The summed E-state index contributed by atoms with van der Waals surface area (Å²) in [7, 11) is 1.91. The molecule has 0 spiro atoms. The number of hydrogen-bond donors (Lipinski definition) is 2. The van der Waals surface area contributed by atoms with Crippen LogP contribution in [0.25, 0.3) is 0 Å². The maximum Gasteiger partial charge on any atom is 0.530 e. The lowest BCUT2D eigenvalue weighted by molar-refractivity contribution is -0.700. The average Bonchev–Trinajstić information content (AvgIpc) is 2.62. The largest absolute Gasteiger partial charge is 0.530 e. The van der Waals surface area contributed by atoms with Crippen LogP contribution in [0.5, 0.6) is 0 Å². The Morgan fingerprint density at radius 2 is 2.47 bits per heavy atom. The van der Waals surface area contributed by atoms with E-state index in [4.69, 9.17) is 5.26 Å². The van der Waals surface area contributed by atoms with Gasteiger partial charge in [0.1, 0.15) is 0 Å². The van der Waals surface area contributed by atoms with Crippen molar-refractivity contribution in [2.45, 2.75) is 31.8 Å². The summed E-state index contributed by atoms with van der Waals surface area (Å²) in [5, 5.41) is 21.7. The van der Waals surface area contributed by atoms with Gasteiger partial charge in [0.15, 0.2) is 5.71 Å². The summed E-state index contributed by atoms with van der Waals surface area (Å²) in [5.41, 5.74) is 0.533. The summed E-state index contributed by atoms with van der Waals surface area (Å²) in [6, 6.07) is 1.75. The fourth-order valence-electron chi connectivity index (χ4n) is 2.71. The van der Waals surface area contributed by atoms with E-state index in [1.807, 2.05) is 24.9 Å². The first kappa shape index (κ1) is 13.6. The van der Waals surface area contributed by atoms with Crippen molar-refractivity contribution in [1.82, 2.24) is 10.2 Å². The number of nitrogens with one attached hydrogen (secondary N) is 1. The molecule has 6 nitrogen and oxygen atoms in total. The van der Waals surface area contributed by atoms with Crippen LogP contribution < -0.4 is 5.32 Å². The topological polar surface area (TPSA) is 79.4 Å². The molecule has 2 aliphatic rings. The molecular weight excluding hydrogens is 244 g/mol. The van der Waals surface area contributed by atoms with Crippen molar-refractivity contribution in [2.75, 3.05) is 13.6 Å². The molecule has 0 saturated carbocycles. The molecule has 1 unspecified atom stereocenters. The average molecular weight is 263 g/mol. The number of hydroxylamine groups is 1. The number of nitriles is 1. The molecular formula is C13H19N4O2+. The van der Waals surface area contributed by atoms with Gasteiger partial charge in [0.05, 0.1) is 24.6 Å². The molecule has 2 N–H and O–H groups in total. The minimum Gasteiger partial charge on any atom is -0.347 e. The van der Waals surface area contributed by atoms with Crippen molar-refractivity contribution in [1.29, 1.82) is 5.26 Å². The van der Waals surface area contributed by atoms with Gasteiger partial charge in [0.25, 0.3) is 0 Å². The number of carbonyl (C=O) groups is 1.